The van der Waals surface area contributed by atoms with E-state index in [9.17, 15) is 4.79 Å². The summed E-state index contributed by atoms with van der Waals surface area (Å²) >= 11 is 3.26. The molecule has 3 rings (SSSR count). The zero-order valence-corrected chi connectivity index (χ0v) is 10.8. The maximum Gasteiger partial charge on any atom is 0.270 e. The van der Waals surface area contributed by atoms with Crippen LogP contribution >= 0.6 is 15.9 Å². The minimum atomic E-state index is -0.118. The van der Waals surface area contributed by atoms with E-state index in [4.69, 9.17) is 4.74 Å². The number of carbonyl (C=O) groups is 1. The Morgan fingerprint density at radius 3 is 3.00 bits per heavy atom. The average Bonchev–Trinajstić information content (AvgIpc) is 2.91. The molecule has 1 amide bonds. The van der Waals surface area contributed by atoms with Crippen LogP contribution in [0, 0.1) is 0 Å². The number of hydrogen-bond acceptors (Lipinski definition) is 3. The van der Waals surface area contributed by atoms with Crippen LogP contribution in [-0.2, 0) is 4.74 Å². The summed E-state index contributed by atoms with van der Waals surface area (Å²) in [6.07, 6.45) is 3.68. The van der Waals surface area contributed by atoms with Gasteiger partial charge in [0, 0.05) is 0 Å². The first kappa shape index (κ1) is 11.2. The van der Waals surface area contributed by atoms with E-state index in [1.807, 2.05) is 6.07 Å². The minimum Gasteiger partial charge on any atom is -0.373 e. The Hall–Kier alpha value is -0.940. The van der Waals surface area contributed by atoms with Gasteiger partial charge in [-0.1, -0.05) is 6.07 Å². The molecule has 3 heterocycles. The van der Waals surface area contributed by atoms with Crippen LogP contribution in [0.2, 0.25) is 0 Å². The van der Waals surface area contributed by atoms with Gasteiger partial charge in [0.2, 0.25) is 0 Å². The van der Waals surface area contributed by atoms with Crippen LogP contribution in [0.1, 0.15) is 29.8 Å². The lowest BCUT2D eigenvalue weighted by atomic mass is 9.95. The molecule has 17 heavy (non-hydrogen) atoms. The third-order valence-electron chi connectivity index (χ3n) is 3.37. The third-order valence-corrected chi connectivity index (χ3v) is 3.81. The lowest BCUT2D eigenvalue weighted by Crippen LogP contribution is -2.41. The topological polar surface area (TPSA) is 51.2 Å². The molecule has 1 aromatic rings. The van der Waals surface area contributed by atoms with Crippen molar-refractivity contribution < 1.29 is 9.53 Å². The van der Waals surface area contributed by atoms with Gasteiger partial charge in [0.1, 0.15) is 10.3 Å². The lowest BCUT2D eigenvalue weighted by molar-refractivity contribution is 0.0837. The minimum absolute atomic E-state index is 0.118. The van der Waals surface area contributed by atoms with Gasteiger partial charge < -0.3 is 10.1 Å². The van der Waals surface area contributed by atoms with Gasteiger partial charge in [-0.3, -0.25) is 4.79 Å². The third kappa shape index (κ3) is 2.21. The van der Waals surface area contributed by atoms with Crippen LogP contribution in [0.25, 0.3) is 0 Å². The van der Waals surface area contributed by atoms with Crippen LogP contribution in [0.15, 0.2) is 22.8 Å². The maximum atomic E-state index is 12.0. The summed E-state index contributed by atoms with van der Waals surface area (Å²) in [4.78, 5) is 16.1. The number of nitrogens with one attached hydrogen (secondary N) is 1. The van der Waals surface area contributed by atoms with Crippen molar-refractivity contribution in [1.82, 2.24) is 10.3 Å². The van der Waals surface area contributed by atoms with E-state index >= 15 is 0 Å². The van der Waals surface area contributed by atoms with Gasteiger partial charge in [0.25, 0.3) is 5.91 Å². The van der Waals surface area contributed by atoms with E-state index in [1.165, 1.54) is 0 Å². The average molecular weight is 297 g/mol. The molecule has 3 atom stereocenters. The molecule has 4 nitrogen and oxygen atoms in total. The van der Waals surface area contributed by atoms with Crippen LogP contribution in [0.3, 0.4) is 0 Å². The highest BCUT2D eigenvalue weighted by molar-refractivity contribution is 9.10. The summed E-state index contributed by atoms with van der Waals surface area (Å²) < 4.78 is 6.38. The number of aromatic nitrogens is 1. The molecule has 2 saturated heterocycles. The lowest BCUT2D eigenvalue weighted by Gasteiger charge is -2.19. The predicted octanol–water partition coefficient (Wildman–Crippen LogP) is 1.89. The van der Waals surface area contributed by atoms with E-state index in [0.717, 1.165) is 19.3 Å². The SMILES string of the molecule is O=C(NC1CC2CCC1O2)c1cccc(Br)n1. The van der Waals surface area contributed by atoms with Gasteiger partial charge in [0.15, 0.2) is 0 Å². The first-order valence-electron chi connectivity index (χ1n) is 5.81. The molecule has 5 heteroatoms. The van der Waals surface area contributed by atoms with Crippen LogP contribution < -0.4 is 5.32 Å². The number of fused-ring (bicyclic) bond motifs is 2. The molecule has 2 bridgehead atoms. The summed E-state index contributed by atoms with van der Waals surface area (Å²) in [5.41, 5.74) is 0.446. The largest absolute Gasteiger partial charge is 0.373 e. The van der Waals surface area contributed by atoms with Crippen molar-refractivity contribution in [1.29, 1.82) is 0 Å². The van der Waals surface area contributed by atoms with Crippen LogP contribution in [0.5, 0.6) is 0 Å². The van der Waals surface area contributed by atoms with E-state index < -0.39 is 0 Å². The van der Waals surface area contributed by atoms with Crippen molar-refractivity contribution >= 4 is 21.8 Å². The number of rotatable bonds is 2. The first-order valence-corrected chi connectivity index (χ1v) is 6.60. The normalized spacial score (nSPS) is 30.5. The number of carbonyl (C=O) groups excluding carboxylic acids is 1. The molecule has 0 saturated carbocycles. The van der Waals surface area contributed by atoms with Crippen molar-refractivity contribution in [2.75, 3.05) is 0 Å². The number of ether oxygens (including phenoxy) is 1. The standard InChI is InChI=1S/C12H13BrN2O2/c13-11-3-1-2-8(14-11)12(16)15-9-6-7-4-5-10(9)17-7/h1-3,7,9-10H,4-6H2,(H,15,16). The van der Waals surface area contributed by atoms with Crippen molar-refractivity contribution in [3.05, 3.63) is 28.5 Å². The number of pyridine rings is 1. The van der Waals surface area contributed by atoms with Gasteiger partial charge in [-0.15, -0.1) is 0 Å². The molecule has 3 unspecified atom stereocenters. The van der Waals surface area contributed by atoms with Gasteiger partial charge >= 0.3 is 0 Å². The number of amides is 1. The summed E-state index contributed by atoms with van der Waals surface area (Å²) in [6, 6.07) is 5.48. The Kier molecular flexibility index (Phi) is 2.88. The first-order chi connectivity index (χ1) is 8.22. The van der Waals surface area contributed by atoms with E-state index in [2.05, 4.69) is 26.2 Å². The molecule has 0 radical (unpaired) electrons. The summed E-state index contributed by atoms with van der Waals surface area (Å²) in [5.74, 6) is -0.118. The molecule has 1 N–H and O–H groups in total. The van der Waals surface area contributed by atoms with E-state index in [-0.39, 0.29) is 18.1 Å². The molecular formula is C12H13BrN2O2. The Morgan fingerprint density at radius 2 is 2.35 bits per heavy atom. The Balaban J connectivity index is 1.68. The molecule has 2 fully saturated rings. The predicted molar refractivity (Wildman–Crippen MR) is 65.7 cm³/mol. The summed E-state index contributed by atoms with van der Waals surface area (Å²) in [5, 5.41) is 3.01. The number of nitrogens with zero attached hydrogens (tertiary/aromatic N) is 1. The second-order valence-corrected chi connectivity index (χ2v) is 5.35. The molecule has 2 aliphatic rings. The Morgan fingerprint density at radius 1 is 1.47 bits per heavy atom. The Labute approximate surface area is 108 Å². The molecule has 2 aliphatic heterocycles. The summed E-state index contributed by atoms with van der Waals surface area (Å²) in [7, 11) is 0. The van der Waals surface area contributed by atoms with Gasteiger partial charge in [-0.05, 0) is 47.3 Å². The smallest absolute Gasteiger partial charge is 0.270 e. The molecule has 1 aromatic heterocycles. The van der Waals surface area contributed by atoms with Crippen molar-refractivity contribution in [2.45, 2.75) is 37.5 Å². The molecule has 0 spiro atoms. The van der Waals surface area contributed by atoms with Crippen LogP contribution in [-0.4, -0.2) is 29.1 Å². The van der Waals surface area contributed by atoms with Crippen molar-refractivity contribution in [2.24, 2.45) is 0 Å². The fourth-order valence-electron chi connectivity index (χ4n) is 2.57. The number of halogens is 1. The Bertz CT molecular complexity index is 452. The highest BCUT2D eigenvalue weighted by Crippen LogP contribution is 2.34. The molecule has 90 valence electrons. The monoisotopic (exact) mass is 296 g/mol. The van der Waals surface area contributed by atoms with Gasteiger partial charge in [0.05, 0.1) is 18.2 Å². The highest BCUT2D eigenvalue weighted by atomic mass is 79.9. The molecule has 0 aromatic carbocycles. The van der Waals surface area contributed by atoms with Crippen LogP contribution in [0.4, 0.5) is 0 Å². The quantitative estimate of drug-likeness (QED) is 0.848. The second-order valence-electron chi connectivity index (χ2n) is 4.54. The van der Waals surface area contributed by atoms with Crippen molar-refractivity contribution in [3.8, 4) is 0 Å². The zero-order chi connectivity index (χ0) is 11.8. The van der Waals surface area contributed by atoms with Gasteiger partial charge in [-0.2, -0.15) is 0 Å². The molecule has 0 aliphatic carbocycles. The highest BCUT2D eigenvalue weighted by Gasteiger charge is 2.41. The maximum absolute atomic E-state index is 12.0. The fraction of sp³-hybridized carbons (Fsp3) is 0.500. The fourth-order valence-corrected chi connectivity index (χ4v) is 2.91. The molecular weight excluding hydrogens is 284 g/mol. The number of hydrogen-bond donors (Lipinski definition) is 1. The summed E-state index contributed by atoms with van der Waals surface area (Å²) in [6.45, 7) is 0. The van der Waals surface area contributed by atoms with E-state index in [0.29, 0.717) is 16.4 Å². The zero-order valence-electron chi connectivity index (χ0n) is 9.23. The second kappa shape index (κ2) is 4.38. The van der Waals surface area contributed by atoms with Crippen molar-refractivity contribution in [3.63, 3.8) is 0 Å². The van der Waals surface area contributed by atoms with E-state index in [1.54, 1.807) is 12.1 Å². The van der Waals surface area contributed by atoms with Gasteiger partial charge in [-0.25, -0.2) is 4.98 Å².